The average molecular weight is 563 g/mol. The molecule has 3 rings (SSSR count). The molecule has 11 heteroatoms. The standard InChI is InChI=1S/C27H35N2O7PS/c1-3-36-37(31,25-8-5-4-6-9-25)21-35-23-12-10-22(11-13-23)16-18-28-17-7-19-34-24-14-15-27(30)26(20-24)29-38(2,32)33/h4-6,8-15,20,28-30H,3,7,16-19,21H2,1-2H3. The predicted molar refractivity (Wildman–Crippen MR) is 151 cm³/mol. The van der Waals surface area contributed by atoms with Crippen molar-refractivity contribution < 1.29 is 32.1 Å². The molecule has 0 aromatic heterocycles. The first-order valence-electron chi connectivity index (χ1n) is 12.3. The molecular weight excluding hydrogens is 527 g/mol. The molecule has 206 valence electrons. The fraction of sp³-hybridized carbons (Fsp3) is 0.333. The van der Waals surface area contributed by atoms with E-state index < -0.39 is 17.4 Å². The number of nitrogens with one attached hydrogen (secondary N) is 2. The Labute approximate surface area is 224 Å². The summed E-state index contributed by atoms with van der Waals surface area (Å²) in [5, 5.41) is 13.8. The number of hydrogen-bond acceptors (Lipinski definition) is 8. The molecule has 0 saturated heterocycles. The number of benzene rings is 3. The SMILES string of the molecule is CCOP(=O)(COc1ccc(CCNCCCOc2ccc(O)c(NS(C)(=O)=O)c2)cc1)c1ccccc1. The summed E-state index contributed by atoms with van der Waals surface area (Å²) >= 11 is 0. The summed E-state index contributed by atoms with van der Waals surface area (Å²) < 4.78 is 55.3. The van der Waals surface area contributed by atoms with Gasteiger partial charge < -0.3 is 24.4 Å². The first-order chi connectivity index (χ1) is 18.2. The number of sulfonamides is 1. The maximum absolute atomic E-state index is 13.3. The topological polar surface area (TPSA) is 123 Å². The van der Waals surface area contributed by atoms with E-state index in [0.29, 0.717) is 30.0 Å². The van der Waals surface area contributed by atoms with Crippen LogP contribution in [-0.4, -0.2) is 52.4 Å². The number of aromatic hydroxyl groups is 1. The van der Waals surface area contributed by atoms with Crippen molar-refractivity contribution in [2.24, 2.45) is 0 Å². The second-order valence-corrected chi connectivity index (χ2v) is 12.7. The molecule has 3 aromatic rings. The monoisotopic (exact) mass is 562 g/mol. The van der Waals surface area contributed by atoms with Gasteiger partial charge in [-0.2, -0.15) is 0 Å². The van der Waals surface area contributed by atoms with Crippen LogP contribution in [0, 0.1) is 0 Å². The second kappa shape index (κ2) is 14.2. The summed E-state index contributed by atoms with van der Waals surface area (Å²) in [7, 11) is -6.59. The molecule has 0 spiro atoms. The van der Waals surface area contributed by atoms with Crippen molar-refractivity contribution in [3.63, 3.8) is 0 Å². The molecule has 1 unspecified atom stereocenters. The summed E-state index contributed by atoms with van der Waals surface area (Å²) in [4.78, 5) is 0. The Balaban J connectivity index is 1.35. The Morgan fingerprint density at radius 1 is 0.921 bits per heavy atom. The van der Waals surface area contributed by atoms with Crippen LogP contribution in [-0.2, 0) is 25.5 Å². The minimum atomic E-state index is -3.50. The van der Waals surface area contributed by atoms with E-state index in [9.17, 15) is 18.1 Å². The largest absolute Gasteiger partial charge is 0.506 e. The number of phenols is 1. The summed E-state index contributed by atoms with van der Waals surface area (Å²) in [5.74, 6) is 0.943. The molecule has 0 saturated carbocycles. The van der Waals surface area contributed by atoms with Crippen LogP contribution in [0.4, 0.5) is 5.69 Å². The predicted octanol–water partition coefficient (Wildman–Crippen LogP) is 4.34. The third kappa shape index (κ3) is 9.68. The van der Waals surface area contributed by atoms with Gasteiger partial charge in [0.15, 0.2) is 6.35 Å². The highest BCUT2D eigenvalue weighted by atomic mass is 32.2. The lowest BCUT2D eigenvalue weighted by atomic mass is 10.1. The summed E-state index contributed by atoms with van der Waals surface area (Å²) in [6, 6.07) is 21.3. The number of hydrogen-bond donors (Lipinski definition) is 3. The summed E-state index contributed by atoms with van der Waals surface area (Å²) in [6.45, 7) is 4.14. The van der Waals surface area contributed by atoms with Gasteiger partial charge in [0, 0.05) is 11.4 Å². The van der Waals surface area contributed by atoms with E-state index >= 15 is 0 Å². The molecule has 0 aliphatic heterocycles. The smallest absolute Gasteiger partial charge is 0.268 e. The maximum atomic E-state index is 13.3. The van der Waals surface area contributed by atoms with Crippen LogP contribution in [0.3, 0.4) is 0 Å². The van der Waals surface area contributed by atoms with Crippen molar-refractivity contribution in [1.82, 2.24) is 5.32 Å². The highest BCUT2D eigenvalue weighted by Crippen LogP contribution is 2.45. The Morgan fingerprint density at radius 2 is 1.63 bits per heavy atom. The Morgan fingerprint density at radius 3 is 2.32 bits per heavy atom. The fourth-order valence-electron chi connectivity index (χ4n) is 3.59. The second-order valence-electron chi connectivity index (χ2n) is 8.60. The van der Waals surface area contributed by atoms with Crippen LogP contribution < -0.4 is 24.8 Å². The van der Waals surface area contributed by atoms with E-state index in [1.807, 2.05) is 49.4 Å². The molecule has 0 aliphatic carbocycles. The Bertz CT molecular complexity index is 1300. The fourth-order valence-corrected chi connectivity index (χ4v) is 5.89. The van der Waals surface area contributed by atoms with Gasteiger partial charge in [-0.05, 0) is 74.8 Å². The van der Waals surface area contributed by atoms with Gasteiger partial charge in [0.2, 0.25) is 10.0 Å². The van der Waals surface area contributed by atoms with Crippen LogP contribution in [0.1, 0.15) is 18.9 Å². The maximum Gasteiger partial charge on any atom is 0.268 e. The van der Waals surface area contributed by atoms with Crippen molar-refractivity contribution in [2.75, 3.05) is 43.6 Å². The zero-order chi connectivity index (χ0) is 27.4. The molecule has 0 heterocycles. The zero-order valence-corrected chi connectivity index (χ0v) is 23.3. The first kappa shape index (κ1) is 29.5. The molecular formula is C27H35N2O7PS. The highest BCUT2D eigenvalue weighted by Gasteiger charge is 2.26. The van der Waals surface area contributed by atoms with Crippen molar-refractivity contribution in [3.8, 4) is 17.2 Å². The minimum Gasteiger partial charge on any atom is -0.506 e. The van der Waals surface area contributed by atoms with Crippen LogP contribution in [0.25, 0.3) is 0 Å². The van der Waals surface area contributed by atoms with Crippen LogP contribution in [0.15, 0.2) is 72.8 Å². The molecule has 3 N–H and O–H groups in total. The lowest BCUT2D eigenvalue weighted by Gasteiger charge is -2.18. The first-order valence-corrected chi connectivity index (χ1v) is 16.0. The third-order valence-electron chi connectivity index (χ3n) is 5.43. The van der Waals surface area contributed by atoms with Gasteiger partial charge in [-0.3, -0.25) is 9.29 Å². The zero-order valence-electron chi connectivity index (χ0n) is 21.6. The van der Waals surface area contributed by atoms with E-state index in [0.717, 1.165) is 37.8 Å². The van der Waals surface area contributed by atoms with Gasteiger partial charge in [0.05, 0.1) is 25.2 Å². The van der Waals surface area contributed by atoms with Crippen LogP contribution >= 0.6 is 7.37 Å². The summed E-state index contributed by atoms with van der Waals surface area (Å²) in [5.41, 5.74) is 1.23. The highest BCUT2D eigenvalue weighted by molar-refractivity contribution is 7.92. The van der Waals surface area contributed by atoms with Gasteiger partial charge in [0.1, 0.15) is 17.2 Å². The molecule has 0 fully saturated rings. The van der Waals surface area contributed by atoms with Crippen molar-refractivity contribution in [2.45, 2.75) is 19.8 Å². The van der Waals surface area contributed by atoms with E-state index in [1.54, 1.807) is 18.2 Å². The lowest BCUT2D eigenvalue weighted by molar-refractivity contribution is 0.300. The molecule has 9 nitrogen and oxygen atoms in total. The van der Waals surface area contributed by atoms with Gasteiger partial charge in [0.25, 0.3) is 7.37 Å². The molecule has 3 aromatic carbocycles. The van der Waals surface area contributed by atoms with E-state index in [2.05, 4.69) is 10.0 Å². The van der Waals surface area contributed by atoms with Gasteiger partial charge in [-0.25, -0.2) is 8.42 Å². The molecule has 0 radical (unpaired) electrons. The van der Waals surface area contributed by atoms with Gasteiger partial charge in [-0.1, -0.05) is 30.3 Å². The normalized spacial score (nSPS) is 13.0. The summed E-state index contributed by atoms with van der Waals surface area (Å²) in [6.07, 6.45) is 2.58. The number of ether oxygens (including phenoxy) is 2. The molecule has 1 atom stereocenters. The average Bonchev–Trinajstić information content (AvgIpc) is 2.89. The molecule has 0 aliphatic rings. The third-order valence-corrected chi connectivity index (χ3v) is 8.25. The number of rotatable bonds is 16. The molecule has 38 heavy (non-hydrogen) atoms. The molecule has 0 bridgehead atoms. The number of phenolic OH excluding ortho intramolecular Hbond substituents is 1. The van der Waals surface area contributed by atoms with Gasteiger partial charge >= 0.3 is 0 Å². The molecule has 0 amide bonds. The lowest BCUT2D eigenvalue weighted by Crippen LogP contribution is -2.20. The Kier molecular flexibility index (Phi) is 11.0. The number of anilines is 1. The van der Waals surface area contributed by atoms with Crippen molar-refractivity contribution >= 4 is 28.4 Å². The van der Waals surface area contributed by atoms with E-state index in [4.69, 9.17) is 14.0 Å². The minimum absolute atomic E-state index is 0.0203. The quantitative estimate of drug-likeness (QED) is 0.134. The van der Waals surface area contributed by atoms with Gasteiger partial charge in [-0.15, -0.1) is 0 Å². The van der Waals surface area contributed by atoms with Crippen LogP contribution in [0.5, 0.6) is 17.2 Å². The van der Waals surface area contributed by atoms with Crippen molar-refractivity contribution in [3.05, 3.63) is 78.4 Å². The van der Waals surface area contributed by atoms with E-state index in [1.165, 1.54) is 12.1 Å². The van der Waals surface area contributed by atoms with E-state index in [-0.39, 0.29) is 17.8 Å². The Hall–Kier alpha value is -3.04. The van der Waals surface area contributed by atoms with Crippen molar-refractivity contribution in [1.29, 1.82) is 0 Å². The van der Waals surface area contributed by atoms with Crippen LogP contribution in [0.2, 0.25) is 0 Å².